The molecule has 0 saturated heterocycles. The van der Waals surface area contributed by atoms with Gasteiger partial charge in [-0.3, -0.25) is 0 Å². The molecule has 0 aliphatic carbocycles. The molecule has 2 aromatic rings. The van der Waals surface area contributed by atoms with Crippen LogP contribution in [0, 0.1) is 5.82 Å². The third-order valence-corrected chi connectivity index (χ3v) is 3.60. The number of ether oxygens (including phenoxy) is 1. The number of fused-ring (bicyclic) bond motifs is 1. The SMILES string of the molecule is O=C(OCc1ccccc1F)c1ccc2c(c1)CCCN2. The first kappa shape index (κ1) is 13.6. The number of nitrogens with one attached hydrogen (secondary N) is 1. The molecule has 0 unspecified atom stereocenters. The van der Waals surface area contributed by atoms with E-state index in [0.29, 0.717) is 11.1 Å². The average molecular weight is 285 g/mol. The van der Waals surface area contributed by atoms with Crippen molar-refractivity contribution in [2.24, 2.45) is 0 Å². The number of carbonyl (C=O) groups is 1. The van der Waals surface area contributed by atoms with Crippen molar-refractivity contribution in [3.63, 3.8) is 0 Å². The minimum atomic E-state index is -0.424. The van der Waals surface area contributed by atoms with Crippen molar-refractivity contribution in [2.75, 3.05) is 11.9 Å². The molecule has 4 heteroatoms. The van der Waals surface area contributed by atoms with Crippen LogP contribution >= 0.6 is 0 Å². The van der Waals surface area contributed by atoms with Crippen LogP contribution in [0.15, 0.2) is 42.5 Å². The van der Waals surface area contributed by atoms with Gasteiger partial charge in [-0.25, -0.2) is 9.18 Å². The molecule has 2 aromatic carbocycles. The molecule has 0 spiro atoms. The molecule has 0 bridgehead atoms. The van der Waals surface area contributed by atoms with E-state index >= 15 is 0 Å². The summed E-state index contributed by atoms with van der Waals surface area (Å²) in [5.74, 6) is -0.786. The second-order valence-electron chi connectivity index (χ2n) is 5.07. The number of esters is 1. The molecule has 1 aliphatic heterocycles. The normalized spacial score (nSPS) is 13.2. The van der Waals surface area contributed by atoms with Gasteiger partial charge in [0, 0.05) is 17.8 Å². The Labute approximate surface area is 122 Å². The van der Waals surface area contributed by atoms with Gasteiger partial charge in [0.25, 0.3) is 0 Å². The Kier molecular flexibility index (Phi) is 3.86. The van der Waals surface area contributed by atoms with Crippen molar-refractivity contribution in [3.8, 4) is 0 Å². The van der Waals surface area contributed by atoms with E-state index in [1.807, 2.05) is 12.1 Å². The number of rotatable bonds is 3. The Balaban J connectivity index is 1.69. The summed E-state index contributed by atoms with van der Waals surface area (Å²) in [6.07, 6.45) is 2.01. The Morgan fingerprint density at radius 3 is 2.95 bits per heavy atom. The quantitative estimate of drug-likeness (QED) is 0.877. The van der Waals surface area contributed by atoms with Gasteiger partial charge in [-0.1, -0.05) is 18.2 Å². The van der Waals surface area contributed by atoms with Crippen molar-refractivity contribution in [3.05, 3.63) is 65.0 Å². The van der Waals surface area contributed by atoms with Gasteiger partial charge in [0.1, 0.15) is 12.4 Å². The fourth-order valence-electron chi connectivity index (χ4n) is 2.44. The first-order chi connectivity index (χ1) is 10.2. The first-order valence-electron chi connectivity index (χ1n) is 7.01. The van der Waals surface area contributed by atoms with Gasteiger partial charge in [0.05, 0.1) is 5.56 Å². The number of halogens is 1. The average Bonchev–Trinajstić information content (AvgIpc) is 2.53. The molecule has 0 amide bonds. The molecule has 0 fully saturated rings. The summed E-state index contributed by atoms with van der Waals surface area (Å²) in [5, 5.41) is 3.29. The minimum Gasteiger partial charge on any atom is -0.457 e. The van der Waals surface area contributed by atoms with E-state index in [2.05, 4.69) is 5.32 Å². The zero-order valence-electron chi connectivity index (χ0n) is 11.6. The third-order valence-electron chi connectivity index (χ3n) is 3.60. The molecule has 1 N–H and O–H groups in total. The molecule has 3 nitrogen and oxygen atoms in total. The third kappa shape index (κ3) is 3.05. The number of aryl methyl sites for hydroxylation is 1. The molecule has 0 saturated carbocycles. The lowest BCUT2D eigenvalue weighted by atomic mass is 10.0. The van der Waals surface area contributed by atoms with Gasteiger partial charge in [0.15, 0.2) is 0 Å². The van der Waals surface area contributed by atoms with Gasteiger partial charge in [-0.2, -0.15) is 0 Å². The van der Waals surface area contributed by atoms with E-state index in [9.17, 15) is 9.18 Å². The van der Waals surface area contributed by atoms with Crippen molar-refractivity contribution < 1.29 is 13.9 Å². The van der Waals surface area contributed by atoms with E-state index < -0.39 is 5.97 Å². The van der Waals surface area contributed by atoms with Gasteiger partial charge in [-0.15, -0.1) is 0 Å². The fraction of sp³-hybridized carbons (Fsp3) is 0.235. The lowest BCUT2D eigenvalue weighted by Crippen LogP contribution is -2.13. The molecule has 108 valence electrons. The summed E-state index contributed by atoms with van der Waals surface area (Å²) < 4.78 is 18.7. The van der Waals surface area contributed by atoms with Crippen LogP contribution in [0.25, 0.3) is 0 Å². The molecule has 0 radical (unpaired) electrons. The molecular formula is C17H16FNO2. The summed E-state index contributed by atoms with van der Waals surface area (Å²) in [5.41, 5.74) is 3.09. The number of anilines is 1. The minimum absolute atomic E-state index is 0.0547. The van der Waals surface area contributed by atoms with Crippen LogP contribution in [-0.4, -0.2) is 12.5 Å². The van der Waals surface area contributed by atoms with Crippen molar-refractivity contribution in [1.82, 2.24) is 0 Å². The second kappa shape index (κ2) is 5.95. The van der Waals surface area contributed by atoms with E-state index in [-0.39, 0.29) is 12.4 Å². The topological polar surface area (TPSA) is 38.3 Å². The number of hydrogen-bond acceptors (Lipinski definition) is 3. The standard InChI is InChI=1S/C17H16FNO2/c18-15-6-2-1-4-14(15)11-21-17(20)13-7-8-16-12(10-13)5-3-9-19-16/h1-2,4,6-8,10,19H,3,5,9,11H2. The van der Waals surface area contributed by atoms with E-state index in [1.165, 1.54) is 6.07 Å². The van der Waals surface area contributed by atoms with E-state index in [1.54, 1.807) is 24.3 Å². The summed E-state index contributed by atoms with van der Waals surface area (Å²) in [4.78, 5) is 12.1. The number of carbonyl (C=O) groups excluding carboxylic acids is 1. The Hall–Kier alpha value is -2.36. The predicted octanol–water partition coefficient (Wildman–Crippen LogP) is 3.54. The lowest BCUT2D eigenvalue weighted by Gasteiger charge is -2.18. The van der Waals surface area contributed by atoms with Crippen molar-refractivity contribution >= 4 is 11.7 Å². The molecular weight excluding hydrogens is 269 g/mol. The molecule has 21 heavy (non-hydrogen) atoms. The van der Waals surface area contributed by atoms with Gasteiger partial charge in [-0.05, 0) is 42.7 Å². The van der Waals surface area contributed by atoms with Gasteiger partial charge in [0.2, 0.25) is 0 Å². The molecule has 1 heterocycles. The molecule has 1 aliphatic rings. The van der Waals surface area contributed by atoms with Crippen LogP contribution < -0.4 is 5.32 Å². The second-order valence-corrected chi connectivity index (χ2v) is 5.07. The Bertz CT molecular complexity index is 670. The zero-order chi connectivity index (χ0) is 14.7. The van der Waals surface area contributed by atoms with Crippen LogP contribution in [0.3, 0.4) is 0 Å². The predicted molar refractivity (Wildman–Crippen MR) is 78.8 cm³/mol. The molecule has 0 atom stereocenters. The van der Waals surface area contributed by atoms with E-state index in [4.69, 9.17) is 4.74 Å². The number of hydrogen-bond donors (Lipinski definition) is 1. The monoisotopic (exact) mass is 285 g/mol. The summed E-state index contributed by atoms with van der Waals surface area (Å²) in [6.45, 7) is 0.908. The van der Waals surface area contributed by atoms with Gasteiger partial charge >= 0.3 is 5.97 Å². The maximum absolute atomic E-state index is 13.5. The van der Waals surface area contributed by atoms with Crippen molar-refractivity contribution in [1.29, 1.82) is 0 Å². The largest absolute Gasteiger partial charge is 0.457 e. The number of benzene rings is 2. The maximum Gasteiger partial charge on any atom is 0.338 e. The molecule has 0 aromatic heterocycles. The highest BCUT2D eigenvalue weighted by Gasteiger charge is 2.14. The zero-order valence-corrected chi connectivity index (χ0v) is 11.6. The molecule has 3 rings (SSSR count). The van der Waals surface area contributed by atoms with Crippen LogP contribution in [-0.2, 0) is 17.8 Å². The lowest BCUT2D eigenvalue weighted by molar-refractivity contribution is 0.0469. The van der Waals surface area contributed by atoms with Gasteiger partial charge < -0.3 is 10.1 Å². The van der Waals surface area contributed by atoms with Crippen LogP contribution in [0.1, 0.15) is 27.9 Å². The van der Waals surface area contributed by atoms with Crippen LogP contribution in [0.4, 0.5) is 10.1 Å². The highest BCUT2D eigenvalue weighted by molar-refractivity contribution is 5.90. The highest BCUT2D eigenvalue weighted by Crippen LogP contribution is 2.23. The smallest absolute Gasteiger partial charge is 0.338 e. The first-order valence-corrected chi connectivity index (χ1v) is 7.01. The Morgan fingerprint density at radius 1 is 1.24 bits per heavy atom. The fourth-order valence-corrected chi connectivity index (χ4v) is 2.44. The summed E-state index contributed by atoms with van der Waals surface area (Å²) in [7, 11) is 0. The van der Waals surface area contributed by atoms with Crippen molar-refractivity contribution in [2.45, 2.75) is 19.4 Å². The summed E-state index contributed by atoms with van der Waals surface area (Å²) >= 11 is 0. The Morgan fingerprint density at radius 2 is 2.10 bits per heavy atom. The van der Waals surface area contributed by atoms with Crippen LogP contribution in [0.5, 0.6) is 0 Å². The highest BCUT2D eigenvalue weighted by atomic mass is 19.1. The van der Waals surface area contributed by atoms with Crippen LogP contribution in [0.2, 0.25) is 0 Å². The van der Waals surface area contributed by atoms with E-state index in [0.717, 1.165) is 30.6 Å². The summed E-state index contributed by atoms with van der Waals surface area (Å²) in [6, 6.07) is 11.8. The maximum atomic E-state index is 13.5.